The van der Waals surface area contributed by atoms with Gasteiger partial charge >= 0.3 is 0 Å². The molecule has 1 N–H and O–H groups in total. The van der Waals surface area contributed by atoms with E-state index < -0.39 is 0 Å². The molecule has 0 radical (unpaired) electrons. The fraction of sp³-hybridized carbons (Fsp3) is 0.350. The summed E-state index contributed by atoms with van der Waals surface area (Å²) in [4.78, 5) is 12.8. The molecule has 1 atom stereocenters. The van der Waals surface area contributed by atoms with Crippen LogP contribution < -0.4 is 5.32 Å². The Morgan fingerprint density at radius 1 is 0.909 bits per heavy atom. The number of hydrogen-bond donors (Lipinski definition) is 1. The maximum Gasteiger partial charge on any atom is 0.153 e. The Hall–Kier alpha value is -1.93. The number of likely N-dealkylation sites (N-methyl/N-ethyl adjacent to an activating group) is 1. The molecule has 2 aromatic carbocycles. The molecule has 0 aromatic heterocycles. The van der Waals surface area contributed by atoms with Crippen molar-refractivity contribution in [1.82, 2.24) is 5.32 Å². The van der Waals surface area contributed by atoms with Crippen LogP contribution >= 0.6 is 0 Å². The molecule has 0 saturated heterocycles. The molecule has 0 aliphatic rings. The van der Waals surface area contributed by atoms with E-state index in [0.29, 0.717) is 0 Å². The molecule has 0 amide bonds. The first-order valence-electron chi connectivity index (χ1n) is 8.02. The largest absolute Gasteiger partial charge is 0.307 e. The second-order valence-corrected chi connectivity index (χ2v) is 5.89. The summed E-state index contributed by atoms with van der Waals surface area (Å²) in [6, 6.07) is 20.4. The van der Waals surface area contributed by atoms with Crippen molar-refractivity contribution in [2.24, 2.45) is 5.92 Å². The van der Waals surface area contributed by atoms with E-state index in [2.05, 4.69) is 29.6 Å². The molecule has 0 fully saturated rings. The number of nitrogens with one attached hydrogen (secondary N) is 1. The molecular weight excluding hydrogens is 270 g/mol. The Morgan fingerprint density at radius 3 is 1.73 bits per heavy atom. The summed E-state index contributed by atoms with van der Waals surface area (Å²) in [5.74, 6) is 0.316. The van der Waals surface area contributed by atoms with Crippen molar-refractivity contribution in [2.45, 2.75) is 32.7 Å². The number of Topliss-reactive ketones (excluding diaryl/α,β-unsaturated/α-hetero) is 1. The van der Waals surface area contributed by atoms with Gasteiger partial charge < -0.3 is 5.32 Å². The standard InChI is InChI=1S/C20H25NO/c1-4-21-19(20(22)15(2)3)18(16-11-7-5-8-12-16)17-13-9-6-10-14-17/h5-15,18-19,21H,4H2,1-3H3. The molecule has 0 aliphatic heterocycles. The van der Waals surface area contributed by atoms with E-state index in [0.717, 1.165) is 6.54 Å². The zero-order chi connectivity index (χ0) is 15.9. The molecule has 0 spiro atoms. The number of carbonyl (C=O) groups excluding carboxylic acids is 1. The Kier molecular flexibility index (Phi) is 5.91. The predicted octanol–water partition coefficient (Wildman–Crippen LogP) is 4.02. The third kappa shape index (κ3) is 3.83. The van der Waals surface area contributed by atoms with Crippen molar-refractivity contribution < 1.29 is 4.79 Å². The van der Waals surface area contributed by atoms with Gasteiger partial charge in [-0.1, -0.05) is 81.4 Å². The van der Waals surface area contributed by atoms with Crippen LogP contribution in [-0.4, -0.2) is 18.4 Å². The number of carbonyl (C=O) groups is 1. The Morgan fingerprint density at radius 2 is 1.36 bits per heavy atom. The van der Waals surface area contributed by atoms with E-state index in [1.165, 1.54) is 11.1 Å². The summed E-state index contributed by atoms with van der Waals surface area (Å²) in [7, 11) is 0. The zero-order valence-electron chi connectivity index (χ0n) is 13.6. The highest BCUT2D eigenvalue weighted by molar-refractivity contribution is 5.87. The van der Waals surface area contributed by atoms with Gasteiger partial charge in [-0.05, 0) is 17.7 Å². The van der Waals surface area contributed by atoms with Gasteiger partial charge in [-0.3, -0.25) is 4.79 Å². The highest BCUT2D eigenvalue weighted by Crippen LogP contribution is 2.29. The first-order valence-corrected chi connectivity index (χ1v) is 8.02. The lowest BCUT2D eigenvalue weighted by molar-refractivity contribution is -0.124. The quantitative estimate of drug-likeness (QED) is 0.836. The number of ketones is 1. The van der Waals surface area contributed by atoms with Crippen LogP contribution in [0.2, 0.25) is 0 Å². The molecule has 116 valence electrons. The van der Waals surface area contributed by atoms with Crippen molar-refractivity contribution in [1.29, 1.82) is 0 Å². The van der Waals surface area contributed by atoms with Crippen LogP contribution in [0.15, 0.2) is 60.7 Å². The van der Waals surface area contributed by atoms with Gasteiger partial charge in [0.05, 0.1) is 6.04 Å². The van der Waals surface area contributed by atoms with E-state index in [1.807, 2.05) is 57.2 Å². The van der Waals surface area contributed by atoms with Gasteiger partial charge in [0.15, 0.2) is 5.78 Å². The van der Waals surface area contributed by atoms with Crippen molar-refractivity contribution >= 4 is 5.78 Å². The van der Waals surface area contributed by atoms with Crippen molar-refractivity contribution in [3.8, 4) is 0 Å². The molecule has 2 rings (SSSR count). The van der Waals surface area contributed by atoms with Crippen LogP contribution in [0.25, 0.3) is 0 Å². The second-order valence-electron chi connectivity index (χ2n) is 5.89. The van der Waals surface area contributed by atoms with Crippen LogP contribution in [0.5, 0.6) is 0 Å². The van der Waals surface area contributed by atoms with Crippen molar-refractivity contribution in [2.75, 3.05) is 6.54 Å². The topological polar surface area (TPSA) is 29.1 Å². The van der Waals surface area contributed by atoms with Gasteiger partial charge in [0, 0.05) is 11.8 Å². The minimum atomic E-state index is -0.199. The minimum absolute atomic E-state index is 0.0129. The molecule has 0 bridgehead atoms. The summed E-state index contributed by atoms with van der Waals surface area (Å²) in [6.07, 6.45) is 0. The lowest BCUT2D eigenvalue weighted by atomic mass is 9.81. The van der Waals surface area contributed by atoms with Gasteiger partial charge in [0.25, 0.3) is 0 Å². The van der Waals surface area contributed by atoms with Gasteiger partial charge in [0.1, 0.15) is 0 Å². The lowest BCUT2D eigenvalue weighted by Gasteiger charge is -2.29. The zero-order valence-corrected chi connectivity index (χ0v) is 13.6. The summed E-state index contributed by atoms with van der Waals surface area (Å²) in [6.45, 7) is 6.77. The second kappa shape index (κ2) is 7.90. The summed E-state index contributed by atoms with van der Waals surface area (Å²) in [5.41, 5.74) is 2.35. The number of hydrogen-bond acceptors (Lipinski definition) is 2. The maximum atomic E-state index is 12.8. The summed E-state index contributed by atoms with van der Waals surface area (Å²) in [5, 5.41) is 3.41. The SMILES string of the molecule is CCNC(C(=O)C(C)C)C(c1ccccc1)c1ccccc1. The van der Waals surface area contributed by atoms with Crippen LogP contribution in [0.4, 0.5) is 0 Å². The van der Waals surface area contributed by atoms with Gasteiger partial charge in [-0.25, -0.2) is 0 Å². The first kappa shape index (κ1) is 16.4. The monoisotopic (exact) mass is 295 g/mol. The van der Waals surface area contributed by atoms with Crippen LogP contribution in [0, 0.1) is 5.92 Å². The highest BCUT2D eigenvalue weighted by Gasteiger charge is 2.31. The van der Waals surface area contributed by atoms with Gasteiger partial charge in [0.2, 0.25) is 0 Å². The summed E-state index contributed by atoms with van der Waals surface area (Å²) >= 11 is 0. The normalized spacial score (nSPS) is 12.6. The third-order valence-electron chi connectivity index (χ3n) is 3.95. The molecule has 22 heavy (non-hydrogen) atoms. The highest BCUT2D eigenvalue weighted by atomic mass is 16.1. The number of rotatable bonds is 7. The fourth-order valence-electron chi connectivity index (χ4n) is 2.86. The Labute approximate surface area is 133 Å². The smallest absolute Gasteiger partial charge is 0.153 e. The van der Waals surface area contributed by atoms with Crippen molar-refractivity contribution in [3.63, 3.8) is 0 Å². The van der Waals surface area contributed by atoms with Gasteiger partial charge in [-0.2, -0.15) is 0 Å². The Bertz CT molecular complexity index is 538. The maximum absolute atomic E-state index is 12.8. The molecule has 0 saturated carbocycles. The average Bonchev–Trinajstić information content (AvgIpc) is 2.55. The lowest BCUT2D eigenvalue weighted by Crippen LogP contribution is -2.44. The van der Waals surface area contributed by atoms with Crippen LogP contribution in [0.1, 0.15) is 37.8 Å². The molecule has 2 nitrogen and oxygen atoms in total. The van der Waals surface area contributed by atoms with Crippen LogP contribution in [0.3, 0.4) is 0 Å². The molecular formula is C20H25NO. The molecule has 0 aliphatic carbocycles. The van der Waals surface area contributed by atoms with Crippen LogP contribution in [-0.2, 0) is 4.79 Å². The molecule has 0 heterocycles. The molecule has 1 unspecified atom stereocenters. The molecule has 2 heteroatoms. The van der Waals surface area contributed by atoms with Crippen molar-refractivity contribution in [3.05, 3.63) is 71.8 Å². The fourth-order valence-corrected chi connectivity index (χ4v) is 2.86. The molecule has 2 aromatic rings. The average molecular weight is 295 g/mol. The van der Waals surface area contributed by atoms with E-state index in [-0.39, 0.29) is 23.7 Å². The summed E-state index contributed by atoms with van der Waals surface area (Å²) < 4.78 is 0. The number of benzene rings is 2. The predicted molar refractivity (Wildman–Crippen MR) is 92.0 cm³/mol. The first-order chi connectivity index (χ1) is 10.6. The Balaban J connectivity index is 2.49. The third-order valence-corrected chi connectivity index (χ3v) is 3.95. The van der Waals surface area contributed by atoms with Gasteiger partial charge in [-0.15, -0.1) is 0 Å². The van der Waals surface area contributed by atoms with E-state index in [9.17, 15) is 4.79 Å². The van der Waals surface area contributed by atoms with E-state index in [1.54, 1.807) is 0 Å². The van der Waals surface area contributed by atoms with E-state index >= 15 is 0 Å². The minimum Gasteiger partial charge on any atom is -0.307 e. The van der Waals surface area contributed by atoms with E-state index in [4.69, 9.17) is 0 Å².